The summed E-state index contributed by atoms with van der Waals surface area (Å²) in [7, 11) is 0. The van der Waals surface area contributed by atoms with Gasteiger partial charge in [-0.15, -0.1) is 0 Å². The zero-order valence-corrected chi connectivity index (χ0v) is 17.1. The number of ketones is 1. The fourth-order valence-corrected chi connectivity index (χ4v) is 4.82. The Kier molecular flexibility index (Phi) is 4.77. The summed E-state index contributed by atoms with van der Waals surface area (Å²) in [4.78, 5) is 26.2. The van der Waals surface area contributed by atoms with Gasteiger partial charge in [-0.2, -0.15) is 0 Å². The van der Waals surface area contributed by atoms with Crippen molar-refractivity contribution in [1.29, 1.82) is 0 Å². The first-order valence-corrected chi connectivity index (χ1v) is 10.1. The highest BCUT2D eigenvalue weighted by molar-refractivity contribution is 6.30. The van der Waals surface area contributed by atoms with Crippen LogP contribution in [0.5, 0.6) is 0 Å². The average Bonchev–Trinajstić information content (AvgIpc) is 2.90. The summed E-state index contributed by atoms with van der Waals surface area (Å²) < 4.78 is 27.3. The van der Waals surface area contributed by atoms with Gasteiger partial charge in [-0.3, -0.25) is 9.59 Å². The third-order valence-corrected chi connectivity index (χ3v) is 6.62. The first-order chi connectivity index (χ1) is 13.6. The van der Waals surface area contributed by atoms with Crippen molar-refractivity contribution in [3.63, 3.8) is 0 Å². The number of carbonyl (C=O) groups excluding carboxylic acids is 2. The van der Waals surface area contributed by atoms with Gasteiger partial charge in [0.2, 0.25) is 11.8 Å². The Morgan fingerprint density at radius 1 is 0.966 bits per heavy atom. The maximum atomic E-state index is 13.6. The predicted octanol–water partition coefficient (Wildman–Crippen LogP) is 5.35. The van der Waals surface area contributed by atoms with Crippen LogP contribution in [0.25, 0.3) is 11.1 Å². The number of alkyl halides is 2. The van der Waals surface area contributed by atoms with Gasteiger partial charge in [0, 0.05) is 17.9 Å². The number of amides is 1. The monoisotopic (exact) mass is 417 g/mol. The summed E-state index contributed by atoms with van der Waals surface area (Å²) >= 11 is 5.99. The van der Waals surface area contributed by atoms with E-state index in [0.717, 1.165) is 22.3 Å². The minimum absolute atomic E-state index is 0.0178. The number of hydrogen-bond donors (Lipinski definition) is 1. The first kappa shape index (κ1) is 20.0. The van der Waals surface area contributed by atoms with Crippen molar-refractivity contribution in [3.8, 4) is 11.1 Å². The molecule has 4 rings (SSSR count). The van der Waals surface area contributed by atoms with E-state index < -0.39 is 17.4 Å². The van der Waals surface area contributed by atoms with Gasteiger partial charge in [0.1, 0.15) is 11.5 Å². The minimum atomic E-state index is -2.77. The van der Waals surface area contributed by atoms with Crippen molar-refractivity contribution < 1.29 is 18.4 Å². The van der Waals surface area contributed by atoms with Crippen LogP contribution in [0.1, 0.15) is 48.3 Å². The van der Waals surface area contributed by atoms with Gasteiger partial charge in [0.25, 0.3) is 0 Å². The SMILES string of the molecule is Cc1ccc(-c2ccc(Cl)cc2)c(C)c1C1C(=O)NC2(CCC(F)(F)CC2)C1=O. The lowest BCUT2D eigenvalue weighted by molar-refractivity contribution is -0.128. The first-order valence-electron chi connectivity index (χ1n) is 9.74. The largest absolute Gasteiger partial charge is 0.343 e. The Hall–Kier alpha value is -2.27. The second-order valence-corrected chi connectivity index (χ2v) is 8.64. The van der Waals surface area contributed by atoms with Crippen LogP contribution in [0.15, 0.2) is 36.4 Å². The molecule has 152 valence electrons. The van der Waals surface area contributed by atoms with Gasteiger partial charge >= 0.3 is 0 Å². The molecule has 0 radical (unpaired) electrons. The van der Waals surface area contributed by atoms with Gasteiger partial charge in [0.15, 0.2) is 5.78 Å². The number of carbonyl (C=O) groups is 2. The molecule has 0 aromatic heterocycles. The number of nitrogens with one attached hydrogen (secondary N) is 1. The van der Waals surface area contributed by atoms with Crippen LogP contribution in [0.2, 0.25) is 5.02 Å². The highest BCUT2D eigenvalue weighted by Crippen LogP contribution is 2.45. The molecule has 29 heavy (non-hydrogen) atoms. The highest BCUT2D eigenvalue weighted by Gasteiger charge is 2.57. The Morgan fingerprint density at radius 2 is 1.59 bits per heavy atom. The maximum Gasteiger partial charge on any atom is 0.248 e. The fraction of sp³-hybridized carbons (Fsp3) is 0.391. The van der Waals surface area contributed by atoms with E-state index in [2.05, 4.69) is 5.32 Å². The molecular formula is C23H22ClF2NO2. The molecular weight excluding hydrogens is 396 g/mol. The van der Waals surface area contributed by atoms with Gasteiger partial charge < -0.3 is 5.32 Å². The van der Waals surface area contributed by atoms with E-state index in [1.807, 2.05) is 38.1 Å². The molecule has 6 heteroatoms. The van der Waals surface area contributed by atoms with Crippen LogP contribution in [0.3, 0.4) is 0 Å². The fourth-order valence-electron chi connectivity index (χ4n) is 4.69. The van der Waals surface area contributed by atoms with Crippen molar-refractivity contribution in [2.24, 2.45) is 0 Å². The van der Waals surface area contributed by atoms with E-state index in [4.69, 9.17) is 11.6 Å². The Balaban J connectivity index is 1.75. The molecule has 1 saturated carbocycles. The van der Waals surface area contributed by atoms with Crippen LogP contribution in [-0.2, 0) is 9.59 Å². The van der Waals surface area contributed by atoms with E-state index >= 15 is 0 Å². The predicted molar refractivity (Wildman–Crippen MR) is 108 cm³/mol. The molecule has 1 spiro atoms. The zero-order valence-electron chi connectivity index (χ0n) is 16.3. The lowest BCUT2D eigenvalue weighted by Gasteiger charge is -2.35. The molecule has 2 aromatic rings. The summed E-state index contributed by atoms with van der Waals surface area (Å²) in [6.45, 7) is 3.77. The number of rotatable bonds is 2. The quantitative estimate of drug-likeness (QED) is 0.669. The topological polar surface area (TPSA) is 46.2 Å². The summed E-state index contributed by atoms with van der Waals surface area (Å²) in [6.07, 6.45) is -0.797. The molecule has 1 aliphatic carbocycles. The van der Waals surface area contributed by atoms with E-state index in [1.165, 1.54) is 0 Å². The van der Waals surface area contributed by atoms with Gasteiger partial charge in [0.05, 0.1) is 0 Å². The van der Waals surface area contributed by atoms with Crippen LogP contribution >= 0.6 is 11.6 Å². The number of hydrogen-bond acceptors (Lipinski definition) is 2. The normalized spacial score (nSPS) is 22.7. The van der Waals surface area contributed by atoms with E-state index in [9.17, 15) is 18.4 Å². The van der Waals surface area contributed by atoms with Crippen LogP contribution in [-0.4, -0.2) is 23.2 Å². The van der Waals surface area contributed by atoms with Crippen molar-refractivity contribution in [2.45, 2.75) is 56.9 Å². The van der Waals surface area contributed by atoms with Gasteiger partial charge in [-0.05, 0) is 66.6 Å². The standard InChI is InChI=1S/C23H22ClF2NO2/c1-13-3-8-17(15-4-6-16(24)7-5-15)14(2)18(13)19-20(28)22(27-21(19)29)9-11-23(25,26)12-10-22/h3-8,19H,9-12H2,1-2H3,(H,27,29). The molecule has 2 fully saturated rings. The summed E-state index contributed by atoms with van der Waals surface area (Å²) in [6, 6.07) is 11.2. The molecule has 1 saturated heterocycles. The molecule has 2 aliphatic rings. The third kappa shape index (κ3) is 3.35. The Labute approximate surface area is 173 Å². The summed E-state index contributed by atoms with van der Waals surface area (Å²) in [5, 5.41) is 3.41. The number of benzene rings is 2. The van der Waals surface area contributed by atoms with Crippen molar-refractivity contribution in [3.05, 3.63) is 58.1 Å². The molecule has 1 heterocycles. The zero-order chi connectivity index (χ0) is 21.0. The van der Waals surface area contributed by atoms with Crippen molar-refractivity contribution in [2.75, 3.05) is 0 Å². The smallest absolute Gasteiger partial charge is 0.248 e. The van der Waals surface area contributed by atoms with Crippen molar-refractivity contribution in [1.82, 2.24) is 5.32 Å². The molecule has 1 atom stereocenters. The number of Topliss-reactive ketones (excluding diaryl/α,β-unsaturated/α-hetero) is 1. The molecule has 3 nitrogen and oxygen atoms in total. The Bertz CT molecular complexity index is 991. The van der Waals surface area contributed by atoms with E-state index in [0.29, 0.717) is 10.6 Å². The van der Waals surface area contributed by atoms with Crippen LogP contribution in [0.4, 0.5) is 8.78 Å². The summed E-state index contributed by atoms with van der Waals surface area (Å²) in [5.41, 5.74) is 3.04. The Morgan fingerprint density at radius 3 is 2.21 bits per heavy atom. The van der Waals surface area contributed by atoms with Crippen molar-refractivity contribution >= 4 is 23.3 Å². The van der Waals surface area contributed by atoms with Gasteiger partial charge in [-0.25, -0.2) is 8.78 Å². The highest BCUT2D eigenvalue weighted by atomic mass is 35.5. The molecule has 1 unspecified atom stereocenters. The second-order valence-electron chi connectivity index (χ2n) is 8.20. The third-order valence-electron chi connectivity index (χ3n) is 6.37. The van der Waals surface area contributed by atoms with E-state index in [1.54, 1.807) is 12.1 Å². The molecule has 0 bridgehead atoms. The van der Waals surface area contributed by atoms with Gasteiger partial charge in [-0.1, -0.05) is 35.9 Å². The van der Waals surface area contributed by atoms with E-state index in [-0.39, 0.29) is 37.4 Å². The van der Waals surface area contributed by atoms with Crippen LogP contribution in [0, 0.1) is 13.8 Å². The summed E-state index contributed by atoms with van der Waals surface area (Å²) in [5.74, 6) is -4.40. The number of aryl methyl sites for hydroxylation is 1. The molecule has 1 N–H and O–H groups in total. The molecule has 2 aromatic carbocycles. The molecule has 1 aliphatic heterocycles. The maximum absolute atomic E-state index is 13.6. The average molecular weight is 418 g/mol. The lowest BCUT2D eigenvalue weighted by Crippen LogP contribution is -2.51. The van der Waals surface area contributed by atoms with Crippen LogP contribution < -0.4 is 5.32 Å². The number of halogens is 3. The molecule has 1 amide bonds. The second kappa shape index (κ2) is 6.91. The lowest BCUT2D eigenvalue weighted by atomic mass is 9.74. The minimum Gasteiger partial charge on any atom is -0.343 e.